The van der Waals surface area contributed by atoms with Crippen LogP contribution in [0, 0.1) is 0 Å². The van der Waals surface area contributed by atoms with E-state index >= 15 is 0 Å². The Morgan fingerprint density at radius 1 is 0.962 bits per heavy atom. The second-order valence-corrected chi connectivity index (χ2v) is 6.47. The highest BCUT2D eigenvalue weighted by Gasteiger charge is 2.04. The highest BCUT2D eigenvalue weighted by Crippen LogP contribution is 2.14. The molecular formula is C21H17BrN2O2. The van der Waals surface area contributed by atoms with Crippen LogP contribution in [0.25, 0.3) is 0 Å². The smallest absolute Gasteiger partial charge is 0.271 e. The summed E-state index contributed by atoms with van der Waals surface area (Å²) in [7, 11) is 0. The van der Waals surface area contributed by atoms with Crippen molar-refractivity contribution in [2.24, 2.45) is 5.10 Å². The van der Waals surface area contributed by atoms with Gasteiger partial charge in [0, 0.05) is 10.0 Å². The first-order valence-electron chi connectivity index (χ1n) is 8.06. The molecule has 4 nitrogen and oxygen atoms in total. The minimum absolute atomic E-state index is 0.270. The van der Waals surface area contributed by atoms with Crippen molar-refractivity contribution in [2.45, 2.75) is 6.61 Å². The fourth-order valence-corrected chi connectivity index (χ4v) is 2.49. The lowest BCUT2D eigenvalue weighted by molar-refractivity contribution is 0.0955. The summed E-state index contributed by atoms with van der Waals surface area (Å²) in [5.74, 6) is 0.441. The first kappa shape index (κ1) is 17.9. The fourth-order valence-electron chi connectivity index (χ4n) is 2.22. The Morgan fingerprint density at radius 3 is 2.35 bits per heavy atom. The molecule has 0 spiro atoms. The zero-order valence-corrected chi connectivity index (χ0v) is 15.5. The van der Waals surface area contributed by atoms with Gasteiger partial charge in [-0.25, -0.2) is 5.43 Å². The Balaban J connectivity index is 1.52. The van der Waals surface area contributed by atoms with Crippen LogP contribution < -0.4 is 10.2 Å². The Bertz CT molecular complexity index is 876. The average molecular weight is 409 g/mol. The molecule has 0 aromatic heterocycles. The van der Waals surface area contributed by atoms with Crippen molar-refractivity contribution in [3.05, 3.63) is 100 Å². The second kappa shape index (κ2) is 8.97. The monoisotopic (exact) mass is 408 g/mol. The Morgan fingerprint density at radius 2 is 1.65 bits per heavy atom. The van der Waals surface area contributed by atoms with E-state index in [2.05, 4.69) is 26.5 Å². The van der Waals surface area contributed by atoms with E-state index < -0.39 is 0 Å². The topological polar surface area (TPSA) is 50.7 Å². The van der Waals surface area contributed by atoms with Crippen LogP contribution >= 0.6 is 15.9 Å². The molecule has 5 heteroatoms. The van der Waals surface area contributed by atoms with Crippen molar-refractivity contribution in [3.63, 3.8) is 0 Å². The van der Waals surface area contributed by atoms with Gasteiger partial charge in [-0.3, -0.25) is 4.79 Å². The van der Waals surface area contributed by atoms with Gasteiger partial charge in [0.1, 0.15) is 12.4 Å². The van der Waals surface area contributed by atoms with Crippen molar-refractivity contribution in [2.75, 3.05) is 0 Å². The highest BCUT2D eigenvalue weighted by atomic mass is 79.9. The minimum atomic E-state index is -0.270. The van der Waals surface area contributed by atoms with Gasteiger partial charge >= 0.3 is 0 Å². The summed E-state index contributed by atoms with van der Waals surface area (Å²) in [6, 6.07) is 24.5. The van der Waals surface area contributed by atoms with Gasteiger partial charge in [0.05, 0.1) is 6.21 Å². The van der Waals surface area contributed by atoms with Crippen LogP contribution in [0.3, 0.4) is 0 Å². The number of nitrogens with one attached hydrogen (secondary N) is 1. The second-order valence-electron chi connectivity index (χ2n) is 5.55. The molecule has 0 saturated heterocycles. The molecule has 3 aromatic carbocycles. The summed E-state index contributed by atoms with van der Waals surface area (Å²) >= 11 is 3.37. The largest absolute Gasteiger partial charge is 0.489 e. The molecule has 0 fully saturated rings. The summed E-state index contributed by atoms with van der Waals surface area (Å²) < 4.78 is 6.70. The van der Waals surface area contributed by atoms with Gasteiger partial charge in [0.15, 0.2) is 0 Å². The standard InChI is InChI=1S/C21H17BrN2O2/c22-19-10-6-16(7-11-19)14-23-24-21(25)18-8-12-20(13-9-18)26-15-17-4-2-1-3-5-17/h1-14H,15H2,(H,24,25)/b23-14+. The highest BCUT2D eigenvalue weighted by molar-refractivity contribution is 9.10. The first-order valence-corrected chi connectivity index (χ1v) is 8.86. The van der Waals surface area contributed by atoms with Crippen LogP contribution in [0.15, 0.2) is 88.4 Å². The molecule has 0 heterocycles. The van der Waals surface area contributed by atoms with E-state index in [0.717, 1.165) is 15.6 Å². The molecule has 3 aromatic rings. The maximum Gasteiger partial charge on any atom is 0.271 e. The molecule has 0 radical (unpaired) electrons. The third kappa shape index (κ3) is 5.29. The van der Waals surface area contributed by atoms with Crippen LogP contribution in [0.4, 0.5) is 0 Å². The van der Waals surface area contributed by atoms with Crippen LogP contribution in [-0.2, 0) is 6.61 Å². The molecule has 3 rings (SSSR count). The number of rotatable bonds is 6. The predicted molar refractivity (Wildman–Crippen MR) is 106 cm³/mol. The van der Waals surface area contributed by atoms with Gasteiger partial charge in [0.2, 0.25) is 0 Å². The zero-order chi connectivity index (χ0) is 18.2. The quantitative estimate of drug-likeness (QED) is 0.470. The predicted octanol–water partition coefficient (Wildman–Crippen LogP) is 4.79. The first-order chi connectivity index (χ1) is 12.7. The molecule has 0 atom stereocenters. The van der Waals surface area contributed by atoms with Gasteiger partial charge < -0.3 is 4.74 Å². The van der Waals surface area contributed by atoms with Gasteiger partial charge in [-0.2, -0.15) is 5.10 Å². The lowest BCUT2D eigenvalue weighted by Gasteiger charge is -2.07. The zero-order valence-electron chi connectivity index (χ0n) is 13.9. The molecular weight excluding hydrogens is 392 g/mol. The summed E-state index contributed by atoms with van der Waals surface area (Å²) in [6.07, 6.45) is 1.60. The normalized spacial score (nSPS) is 10.7. The van der Waals surface area contributed by atoms with Crippen LogP contribution in [0.2, 0.25) is 0 Å². The van der Waals surface area contributed by atoms with Crippen LogP contribution in [0.1, 0.15) is 21.5 Å². The molecule has 1 amide bonds. The van der Waals surface area contributed by atoms with E-state index in [1.165, 1.54) is 0 Å². The molecule has 0 aliphatic heterocycles. The van der Waals surface area contributed by atoms with Crippen molar-refractivity contribution < 1.29 is 9.53 Å². The number of hydrogen-bond donors (Lipinski definition) is 1. The van der Waals surface area contributed by atoms with E-state index in [0.29, 0.717) is 17.9 Å². The van der Waals surface area contributed by atoms with Crippen molar-refractivity contribution in [3.8, 4) is 5.75 Å². The number of carbonyl (C=O) groups excluding carboxylic acids is 1. The third-order valence-corrected chi connectivity index (χ3v) is 4.14. The Hall–Kier alpha value is -2.92. The number of carbonyl (C=O) groups is 1. The maximum absolute atomic E-state index is 12.1. The van der Waals surface area contributed by atoms with E-state index in [4.69, 9.17) is 4.74 Å². The Kier molecular flexibility index (Phi) is 6.17. The minimum Gasteiger partial charge on any atom is -0.489 e. The lowest BCUT2D eigenvalue weighted by atomic mass is 10.2. The number of benzene rings is 3. The molecule has 0 aliphatic carbocycles. The average Bonchev–Trinajstić information content (AvgIpc) is 2.69. The molecule has 0 bridgehead atoms. The van der Waals surface area contributed by atoms with Crippen molar-refractivity contribution in [1.82, 2.24) is 5.43 Å². The summed E-state index contributed by atoms with van der Waals surface area (Å²) in [4.78, 5) is 12.1. The molecule has 26 heavy (non-hydrogen) atoms. The Labute approximate surface area is 160 Å². The number of amides is 1. The number of ether oxygens (including phenoxy) is 1. The molecule has 1 N–H and O–H groups in total. The third-order valence-electron chi connectivity index (χ3n) is 3.61. The number of hydrazone groups is 1. The molecule has 130 valence electrons. The molecule has 0 unspecified atom stereocenters. The van der Waals surface area contributed by atoms with E-state index in [1.807, 2.05) is 54.6 Å². The number of hydrogen-bond acceptors (Lipinski definition) is 3. The van der Waals surface area contributed by atoms with Crippen LogP contribution in [-0.4, -0.2) is 12.1 Å². The summed E-state index contributed by atoms with van der Waals surface area (Å²) in [6.45, 7) is 0.490. The van der Waals surface area contributed by atoms with Gasteiger partial charge in [0.25, 0.3) is 5.91 Å². The SMILES string of the molecule is O=C(N/N=C/c1ccc(Br)cc1)c1ccc(OCc2ccccc2)cc1. The van der Waals surface area contributed by atoms with E-state index in [9.17, 15) is 4.79 Å². The van der Waals surface area contributed by atoms with Gasteiger partial charge in [-0.15, -0.1) is 0 Å². The van der Waals surface area contributed by atoms with Crippen molar-refractivity contribution in [1.29, 1.82) is 0 Å². The van der Waals surface area contributed by atoms with Crippen molar-refractivity contribution >= 4 is 28.1 Å². The van der Waals surface area contributed by atoms with Gasteiger partial charge in [-0.05, 0) is 47.5 Å². The van der Waals surface area contributed by atoms with E-state index in [-0.39, 0.29) is 5.91 Å². The fraction of sp³-hybridized carbons (Fsp3) is 0.0476. The summed E-state index contributed by atoms with van der Waals surface area (Å²) in [5, 5.41) is 3.97. The number of nitrogens with zero attached hydrogens (tertiary/aromatic N) is 1. The molecule has 0 aliphatic rings. The maximum atomic E-state index is 12.1. The number of halogens is 1. The summed E-state index contributed by atoms with van der Waals surface area (Å²) in [5.41, 5.74) is 5.03. The van der Waals surface area contributed by atoms with Crippen LogP contribution in [0.5, 0.6) is 5.75 Å². The van der Waals surface area contributed by atoms with E-state index in [1.54, 1.807) is 30.5 Å². The molecule has 0 saturated carbocycles. The lowest BCUT2D eigenvalue weighted by Crippen LogP contribution is -2.17. The van der Waals surface area contributed by atoms with Gasteiger partial charge in [-0.1, -0.05) is 58.4 Å².